The average molecular weight is 411 g/mol. The highest BCUT2D eigenvalue weighted by atomic mass is 19.1. The van der Waals surface area contributed by atoms with E-state index in [-0.39, 0.29) is 18.6 Å². The summed E-state index contributed by atoms with van der Waals surface area (Å²) in [6.45, 7) is -0.121. The fourth-order valence-corrected chi connectivity index (χ4v) is 4.05. The van der Waals surface area contributed by atoms with Crippen LogP contribution in [0.25, 0.3) is 11.0 Å². The van der Waals surface area contributed by atoms with Gasteiger partial charge in [-0.05, 0) is 67.6 Å². The van der Waals surface area contributed by atoms with E-state index in [9.17, 15) is 24.2 Å². The van der Waals surface area contributed by atoms with Crippen molar-refractivity contribution in [1.82, 2.24) is 9.55 Å². The summed E-state index contributed by atoms with van der Waals surface area (Å²) in [6.07, 6.45) is 2.38. The number of hydrogen-bond acceptors (Lipinski definition) is 4. The maximum absolute atomic E-state index is 13.2. The third kappa shape index (κ3) is 3.91. The van der Waals surface area contributed by atoms with Gasteiger partial charge in [-0.2, -0.15) is 0 Å². The number of amides is 1. The summed E-state index contributed by atoms with van der Waals surface area (Å²) < 4.78 is 15.1. The van der Waals surface area contributed by atoms with E-state index in [1.54, 1.807) is 12.1 Å². The van der Waals surface area contributed by atoms with Gasteiger partial charge in [-0.15, -0.1) is 0 Å². The average Bonchev–Trinajstić information content (AvgIpc) is 3.10. The Morgan fingerprint density at radius 2 is 1.80 bits per heavy atom. The molecule has 1 fully saturated rings. The Bertz CT molecular complexity index is 1090. The Hall–Kier alpha value is -3.26. The highest BCUT2D eigenvalue weighted by Gasteiger charge is 2.29. The monoisotopic (exact) mass is 411 g/mol. The first kappa shape index (κ1) is 20.0. The van der Waals surface area contributed by atoms with Crippen LogP contribution in [-0.2, 0) is 11.4 Å². The molecule has 0 bridgehead atoms. The van der Waals surface area contributed by atoms with Gasteiger partial charge in [-0.25, -0.2) is 9.37 Å². The van der Waals surface area contributed by atoms with E-state index < -0.39 is 17.7 Å². The Morgan fingerprint density at radius 1 is 1.10 bits per heavy atom. The minimum Gasteiger partial charge on any atom is -0.481 e. The van der Waals surface area contributed by atoms with E-state index in [1.807, 2.05) is 10.6 Å². The first-order valence-electron chi connectivity index (χ1n) is 9.87. The van der Waals surface area contributed by atoms with Crippen LogP contribution >= 0.6 is 0 Å². The lowest BCUT2D eigenvalue weighted by molar-refractivity contribution is -0.143. The first-order valence-corrected chi connectivity index (χ1v) is 9.87. The van der Waals surface area contributed by atoms with Crippen LogP contribution in [0.1, 0.15) is 47.6 Å². The zero-order valence-electron chi connectivity index (χ0n) is 16.2. The van der Waals surface area contributed by atoms with Gasteiger partial charge in [0.25, 0.3) is 5.91 Å². The number of aromatic nitrogens is 2. The second-order valence-corrected chi connectivity index (χ2v) is 7.59. The lowest BCUT2D eigenvalue weighted by Gasteiger charge is -2.28. The maximum Gasteiger partial charge on any atom is 0.306 e. The highest BCUT2D eigenvalue weighted by molar-refractivity contribution is 6.04. The number of carbonyl (C=O) groups is 2. The van der Waals surface area contributed by atoms with E-state index in [2.05, 4.69) is 10.3 Å². The number of carbonyl (C=O) groups excluding carboxylic acids is 1. The predicted molar refractivity (Wildman–Crippen MR) is 109 cm³/mol. The van der Waals surface area contributed by atoms with Crippen molar-refractivity contribution in [1.29, 1.82) is 0 Å². The number of benzene rings is 2. The van der Waals surface area contributed by atoms with Crippen LogP contribution in [0.2, 0.25) is 0 Å². The van der Waals surface area contributed by atoms with Gasteiger partial charge in [0.1, 0.15) is 5.82 Å². The van der Waals surface area contributed by atoms with Crippen molar-refractivity contribution in [3.63, 3.8) is 0 Å². The Kier molecular flexibility index (Phi) is 5.50. The van der Waals surface area contributed by atoms with Crippen LogP contribution in [0.5, 0.6) is 0 Å². The van der Waals surface area contributed by atoms with E-state index >= 15 is 0 Å². The molecule has 156 valence electrons. The number of anilines is 1. The number of imidazole rings is 1. The molecule has 4 rings (SSSR count). The molecule has 0 atom stereocenters. The summed E-state index contributed by atoms with van der Waals surface area (Å²) in [7, 11) is 0. The minimum atomic E-state index is -0.781. The van der Waals surface area contributed by atoms with Crippen molar-refractivity contribution in [3.05, 3.63) is 59.4 Å². The number of carboxylic acids is 1. The predicted octanol–water partition coefficient (Wildman–Crippen LogP) is 3.74. The molecule has 0 unspecified atom stereocenters. The summed E-state index contributed by atoms with van der Waals surface area (Å²) in [5.74, 6) is -1.62. The van der Waals surface area contributed by atoms with Crippen molar-refractivity contribution in [2.24, 2.45) is 5.92 Å². The van der Waals surface area contributed by atoms with Gasteiger partial charge in [-0.1, -0.05) is 6.07 Å². The van der Waals surface area contributed by atoms with Crippen molar-refractivity contribution in [2.45, 2.75) is 38.3 Å². The summed E-state index contributed by atoms with van der Waals surface area (Å²) in [4.78, 5) is 28.6. The van der Waals surface area contributed by atoms with Crippen molar-refractivity contribution >= 4 is 28.9 Å². The topological polar surface area (TPSA) is 104 Å². The maximum atomic E-state index is 13.2. The number of carboxylic acid groups (broad SMARTS) is 1. The van der Waals surface area contributed by atoms with Gasteiger partial charge in [0.15, 0.2) is 0 Å². The summed E-state index contributed by atoms with van der Waals surface area (Å²) in [5.41, 5.74) is 2.47. The molecule has 1 aromatic heterocycles. The molecule has 0 spiro atoms. The summed E-state index contributed by atoms with van der Waals surface area (Å²) in [6, 6.07) is 10.6. The van der Waals surface area contributed by atoms with Crippen molar-refractivity contribution < 1.29 is 24.2 Å². The lowest BCUT2D eigenvalue weighted by atomic mass is 9.86. The lowest BCUT2D eigenvalue weighted by Crippen LogP contribution is -2.25. The molecule has 30 heavy (non-hydrogen) atoms. The second-order valence-electron chi connectivity index (χ2n) is 7.59. The second kappa shape index (κ2) is 8.23. The third-order valence-electron chi connectivity index (χ3n) is 5.68. The molecule has 1 saturated carbocycles. The van der Waals surface area contributed by atoms with Crippen LogP contribution in [0.15, 0.2) is 42.5 Å². The summed E-state index contributed by atoms with van der Waals surface area (Å²) >= 11 is 0. The van der Waals surface area contributed by atoms with Crippen molar-refractivity contribution in [2.75, 3.05) is 5.32 Å². The molecular formula is C22H22FN3O4. The van der Waals surface area contributed by atoms with Crippen LogP contribution in [0.3, 0.4) is 0 Å². The number of halogens is 1. The number of nitrogens with one attached hydrogen (secondary N) is 1. The zero-order valence-corrected chi connectivity index (χ0v) is 16.2. The largest absolute Gasteiger partial charge is 0.481 e. The smallest absolute Gasteiger partial charge is 0.306 e. The number of hydrogen-bond donors (Lipinski definition) is 3. The number of fused-ring (bicyclic) bond motifs is 1. The number of nitrogens with zero attached hydrogens (tertiary/aromatic N) is 2. The molecule has 3 N–H and O–H groups in total. The fraction of sp³-hybridized carbons (Fsp3) is 0.318. The van der Waals surface area contributed by atoms with Gasteiger partial charge < -0.3 is 14.8 Å². The van der Waals surface area contributed by atoms with Crippen LogP contribution in [0.4, 0.5) is 10.3 Å². The molecule has 1 heterocycles. The molecule has 1 amide bonds. The van der Waals surface area contributed by atoms with Gasteiger partial charge >= 0.3 is 5.97 Å². The number of rotatable bonds is 5. The molecule has 3 aromatic rings. The zero-order chi connectivity index (χ0) is 21.3. The van der Waals surface area contributed by atoms with E-state index in [1.165, 1.54) is 24.3 Å². The molecule has 0 radical (unpaired) electrons. The molecule has 0 saturated heterocycles. The van der Waals surface area contributed by atoms with Crippen LogP contribution < -0.4 is 5.32 Å². The third-order valence-corrected chi connectivity index (χ3v) is 5.68. The molecule has 2 aromatic carbocycles. The van der Waals surface area contributed by atoms with Crippen molar-refractivity contribution in [3.8, 4) is 0 Å². The van der Waals surface area contributed by atoms with Crippen LogP contribution in [-0.4, -0.2) is 31.6 Å². The minimum absolute atomic E-state index is 0.0249. The van der Waals surface area contributed by atoms with Gasteiger partial charge in [-0.3, -0.25) is 14.9 Å². The standard InChI is InChI=1S/C22H22FN3O4/c23-16-6-2-14(3-7-16)20(28)25-22-24-18-10-1-13(12-27)11-19(18)26(22)17-8-4-15(5-9-17)21(29)30/h1-3,6-7,10-11,15,17,27H,4-5,8-9,12H2,(H,29,30)(H,24,25,28). The molecular weight excluding hydrogens is 389 g/mol. The van der Waals surface area contributed by atoms with E-state index in [0.717, 1.165) is 11.1 Å². The molecule has 7 nitrogen and oxygen atoms in total. The molecule has 1 aliphatic carbocycles. The quantitative estimate of drug-likeness (QED) is 0.593. The Morgan fingerprint density at radius 3 is 2.43 bits per heavy atom. The Balaban J connectivity index is 1.69. The normalized spacial score (nSPS) is 19.0. The molecule has 0 aliphatic heterocycles. The fourth-order valence-electron chi connectivity index (χ4n) is 4.05. The number of aliphatic hydroxyl groups excluding tert-OH is 1. The van der Waals surface area contributed by atoms with Gasteiger partial charge in [0.05, 0.1) is 23.6 Å². The highest BCUT2D eigenvalue weighted by Crippen LogP contribution is 2.37. The Labute approximate surface area is 172 Å². The van der Waals surface area contributed by atoms with E-state index in [0.29, 0.717) is 42.7 Å². The van der Waals surface area contributed by atoms with E-state index in [4.69, 9.17) is 0 Å². The van der Waals surface area contributed by atoms with Gasteiger partial charge in [0, 0.05) is 11.6 Å². The van der Waals surface area contributed by atoms with Gasteiger partial charge in [0.2, 0.25) is 5.95 Å². The summed E-state index contributed by atoms with van der Waals surface area (Å²) in [5, 5.41) is 21.6. The number of aliphatic hydroxyl groups is 1. The molecule has 1 aliphatic rings. The SMILES string of the molecule is O=C(Nc1nc2ccc(CO)cc2n1C1CCC(C(=O)O)CC1)c1ccc(F)cc1. The molecule has 8 heteroatoms. The number of aliphatic carboxylic acids is 1. The van der Waals surface area contributed by atoms with Crippen LogP contribution in [0, 0.1) is 11.7 Å². The first-order chi connectivity index (χ1) is 14.5.